The molecule has 3 N–H and O–H groups in total. The Morgan fingerprint density at radius 2 is 1.25 bits per heavy atom. The molecule has 0 unspecified atom stereocenters. The second-order valence-corrected chi connectivity index (χ2v) is 7.85. The van der Waals surface area contributed by atoms with Gasteiger partial charge in [0.1, 0.15) is 23.6 Å². The first-order valence-electron chi connectivity index (χ1n) is 10.4. The molecule has 0 aliphatic carbocycles. The minimum atomic E-state index is -1.51. The van der Waals surface area contributed by atoms with E-state index < -0.39 is 23.5 Å². The first-order chi connectivity index (χ1) is 17.3. The zero-order valence-electron chi connectivity index (χ0n) is 18.2. The maximum atomic E-state index is 12.8. The summed E-state index contributed by atoms with van der Waals surface area (Å²) in [6.45, 7) is 0. The van der Waals surface area contributed by atoms with E-state index in [0.29, 0.717) is 32.8 Å². The van der Waals surface area contributed by atoms with Crippen LogP contribution in [0.3, 0.4) is 0 Å². The first-order valence-corrected chi connectivity index (χ1v) is 10.4. The van der Waals surface area contributed by atoms with E-state index in [1.165, 1.54) is 30.3 Å². The van der Waals surface area contributed by atoms with Gasteiger partial charge in [0.15, 0.2) is 5.57 Å². The number of nitrogen functional groups attached to an aromatic ring is 1. The fraction of sp³-hybridized carbons (Fsp3) is 0. The van der Waals surface area contributed by atoms with E-state index in [4.69, 9.17) is 25.6 Å². The van der Waals surface area contributed by atoms with Crippen molar-refractivity contribution in [2.75, 3.05) is 5.73 Å². The minimum Gasteiger partial charge on any atom is -0.477 e. The summed E-state index contributed by atoms with van der Waals surface area (Å²) in [5.74, 6) is -2.16. The van der Waals surface area contributed by atoms with E-state index in [2.05, 4.69) is 0 Å². The molecule has 9 heteroatoms. The second kappa shape index (κ2) is 8.28. The van der Waals surface area contributed by atoms with Gasteiger partial charge in [-0.1, -0.05) is 36.4 Å². The Kier molecular flexibility index (Phi) is 5.09. The number of anilines is 1. The van der Waals surface area contributed by atoms with Crippen LogP contribution in [-0.2, 0) is 14.4 Å². The molecule has 0 spiro atoms. The number of rotatable bonds is 4. The average Bonchev–Trinajstić information content (AvgIpc) is 3.35. The number of nitrogens with two attached hydrogens (primary N) is 1. The molecular formula is C27H13N3O6. The number of carboxylic acid groups (broad SMARTS) is 1. The molecule has 172 valence electrons. The molecule has 2 aliphatic rings. The molecule has 9 nitrogen and oxygen atoms in total. The summed E-state index contributed by atoms with van der Waals surface area (Å²) in [6, 6.07) is 19.0. The van der Waals surface area contributed by atoms with Gasteiger partial charge < -0.3 is 20.3 Å². The van der Waals surface area contributed by atoms with Crippen molar-refractivity contribution < 1.29 is 29.0 Å². The summed E-state index contributed by atoms with van der Waals surface area (Å²) in [5, 5.41) is 28.5. The highest BCUT2D eigenvalue weighted by Gasteiger charge is 2.30. The van der Waals surface area contributed by atoms with Crippen molar-refractivity contribution in [3.05, 3.63) is 93.4 Å². The van der Waals surface area contributed by atoms with Crippen molar-refractivity contribution in [3.63, 3.8) is 0 Å². The number of carboxylic acids is 1. The number of nitrogens with zero attached hydrogens (tertiary/aromatic N) is 2. The lowest BCUT2D eigenvalue weighted by molar-refractivity contribution is -0.132. The Morgan fingerprint density at radius 3 is 1.67 bits per heavy atom. The van der Waals surface area contributed by atoms with Crippen molar-refractivity contribution in [1.29, 1.82) is 10.5 Å². The van der Waals surface area contributed by atoms with Crippen LogP contribution < -0.4 is 25.6 Å². The molecule has 5 rings (SSSR count). The molecule has 0 fully saturated rings. The highest BCUT2D eigenvalue weighted by Crippen LogP contribution is 2.28. The summed E-state index contributed by atoms with van der Waals surface area (Å²) in [5.41, 5.74) is 7.07. The van der Waals surface area contributed by atoms with E-state index in [1.54, 1.807) is 42.5 Å². The number of aliphatic carboxylic acids is 1. The lowest BCUT2D eigenvalue weighted by atomic mass is 9.97. The van der Waals surface area contributed by atoms with Crippen LogP contribution in [0.1, 0.15) is 16.7 Å². The summed E-state index contributed by atoms with van der Waals surface area (Å²) < 4.78 is 10.9. The highest BCUT2D eigenvalue weighted by atomic mass is 16.5. The first kappa shape index (κ1) is 22.1. The molecule has 2 heterocycles. The molecule has 2 aliphatic heterocycles. The van der Waals surface area contributed by atoms with Gasteiger partial charge in [-0.15, -0.1) is 0 Å². The van der Waals surface area contributed by atoms with Gasteiger partial charge >= 0.3 is 17.9 Å². The molecule has 0 atom stereocenters. The summed E-state index contributed by atoms with van der Waals surface area (Å²) in [4.78, 5) is 36.6. The standard InChI is InChI=1S/C27H13N3O6/c28-11-19(20(12-29)25(31)32)13-1-3-14(4-2-13)23-17-9-22-18(10-21(17)35-26(23)33)24(27(34)36-22)15-5-7-16(30)8-6-15/h1-10H,30H2,(H,31,32)/b20-19+. The number of ether oxygens (including phenoxy) is 2. The molecule has 3 aromatic rings. The Balaban J connectivity index is 1.65. The van der Waals surface area contributed by atoms with Crippen LogP contribution in [0.4, 0.5) is 5.69 Å². The zero-order valence-corrected chi connectivity index (χ0v) is 18.2. The number of esters is 2. The maximum Gasteiger partial charge on any atom is 0.347 e. The van der Waals surface area contributed by atoms with Gasteiger partial charge in [0.25, 0.3) is 0 Å². The van der Waals surface area contributed by atoms with E-state index >= 15 is 0 Å². The third-order valence-corrected chi connectivity index (χ3v) is 5.78. The molecule has 0 aromatic heterocycles. The number of nitriles is 2. The third kappa shape index (κ3) is 3.45. The highest BCUT2D eigenvalue weighted by molar-refractivity contribution is 6.21. The maximum absolute atomic E-state index is 12.8. The monoisotopic (exact) mass is 475 g/mol. The quantitative estimate of drug-likeness (QED) is 0.187. The predicted octanol–water partition coefficient (Wildman–Crippen LogP) is 1.39. The lowest BCUT2D eigenvalue weighted by Gasteiger charge is -2.04. The average molecular weight is 475 g/mol. The molecule has 36 heavy (non-hydrogen) atoms. The van der Waals surface area contributed by atoms with Crippen molar-refractivity contribution in [1.82, 2.24) is 0 Å². The Hall–Kier alpha value is -5.67. The predicted molar refractivity (Wildman–Crippen MR) is 125 cm³/mol. The van der Waals surface area contributed by atoms with Crippen molar-refractivity contribution >= 4 is 40.3 Å². The molecule has 0 radical (unpaired) electrons. The number of benzene rings is 3. The minimum absolute atomic E-state index is 0.206. The normalized spacial score (nSPS) is 14.2. The summed E-state index contributed by atoms with van der Waals surface area (Å²) >= 11 is 0. The molecule has 0 amide bonds. The Bertz CT molecular complexity index is 1750. The third-order valence-electron chi connectivity index (χ3n) is 5.78. The molecule has 0 saturated heterocycles. The van der Waals surface area contributed by atoms with Crippen LogP contribution in [0.25, 0.3) is 16.7 Å². The lowest BCUT2D eigenvalue weighted by Crippen LogP contribution is -2.11. The SMILES string of the molecule is N#C/C(C(=O)O)=C(/C#N)c1ccc(C2=c3cc4c(cc3OC2=O)=C(c2ccc(N)cc2)C(=O)O4)cc1. The van der Waals surface area contributed by atoms with Crippen LogP contribution in [0.2, 0.25) is 0 Å². The van der Waals surface area contributed by atoms with Gasteiger partial charge in [0.05, 0.1) is 16.7 Å². The smallest absolute Gasteiger partial charge is 0.347 e. The number of fused-ring (bicyclic) bond motifs is 2. The fourth-order valence-electron chi connectivity index (χ4n) is 4.12. The van der Waals surface area contributed by atoms with Gasteiger partial charge in [-0.3, -0.25) is 0 Å². The van der Waals surface area contributed by atoms with Gasteiger partial charge in [-0.2, -0.15) is 10.5 Å². The Morgan fingerprint density at radius 1 is 0.778 bits per heavy atom. The van der Waals surface area contributed by atoms with Gasteiger partial charge in [-0.05, 0) is 41.0 Å². The van der Waals surface area contributed by atoms with Crippen LogP contribution in [0, 0.1) is 22.7 Å². The molecule has 0 bridgehead atoms. The van der Waals surface area contributed by atoms with Crippen LogP contribution >= 0.6 is 0 Å². The topological polar surface area (TPSA) is 164 Å². The van der Waals surface area contributed by atoms with Gasteiger partial charge in [0.2, 0.25) is 0 Å². The van der Waals surface area contributed by atoms with Crippen molar-refractivity contribution in [3.8, 4) is 23.6 Å². The van der Waals surface area contributed by atoms with Crippen molar-refractivity contribution in [2.45, 2.75) is 0 Å². The largest absolute Gasteiger partial charge is 0.477 e. The van der Waals surface area contributed by atoms with Crippen LogP contribution in [-0.4, -0.2) is 23.0 Å². The van der Waals surface area contributed by atoms with E-state index in [9.17, 15) is 19.6 Å². The van der Waals surface area contributed by atoms with Crippen LogP contribution in [0.15, 0.2) is 66.2 Å². The molecule has 0 saturated carbocycles. The summed E-state index contributed by atoms with van der Waals surface area (Å²) in [7, 11) is 0. The van der Waals surface area contributed by atoms with Gasteiger partial charge in [0, 0.05) is 16.1 Å². The molecular weight excluding hydrogens is 462 g/mol. The zero-order chi connectivity index (χ0) is 25.6. The van der Waals surface area contributed by atoms with Crippen LogP contribution in [0.5, 0.6) is 11.5 Å². The van der Waals surface area contributed by atoms with E-state index in [-0.39, 0.29) is 28.2 Å². The van der Waals surface area contributed by atoms with E-state index in [0.717, 1.165) is 0 Å². The van der Waals surface area contributed by atoms with Crippen molar-refractivity contribution in [2.24, 2.45) is 0 Å². The Labute approximate surface area is 202 Å². The number of hydrogen-bond donors (Lipinski definition) is 2. The van der Waals surface area contributed by atoms with Gasteiger partial charge in [-0.25, -0.2) is 14.4 Å². The second-order valence-electron chi connectivity index (χ2n) is 7.85. The number of carbonyl (C=O) groups excluding carboxylic acids is 2. The number of hydrogen-bond acceptors (Lipinski definition) is 8. The molecule has 3 aromatic carbocycles. The van der Waals surface area contributed by atoms with E-state index in [1.807, 2.05) is 0 Å². The summed E-state index contributed by atoms with van der Waals surface area (Å²) in [6.07, 6.45) is 0. The fourth-order valence-corrected chi connectivity index (χ4v) is 4.12. The number of carbonyl (C=O) groups is 3. The number of allylic oxidation sites excluding steroid dienone is 1.